The zero-order chi connectivity index (χ0) is 18.5. The van der Waals surface area contributed by atoms with Crippen molar-refractivity contribution in [3.63, 3.8) is 0 Å². The number of anilines is 1. The molecule has 0 saturated heterocycles. The van der Waals surface area contributed by atoms with E-state index in [0.717, 1.165) is 0 Å². The Morgan fingerprint density at radius 1 is 1.12 bits per heavy atom. The molecular formula is C19H20N2O5. The third-order valence-corrected chi connectivity index (χ3v) is 4.05. The highest BCUT2D eigenvalue weighted by atomic mass is 16.5. The molecule has 1 aliphatic rings. The molecule has 1 atom stereocenters. The van der Waals surface area contributed by atoms with Crippen LogP contribution < -0.4 is 24.8 Å². The Morgan fingerprint density at radius 2 is 1.81 bits per heavy atom. The molecule has 2 aromatic rings. The molecule has 0 saturated carbocycles. The molecule has 7 heteroatoms. The van der Waals surface area contributed by atoms with E-state index < -0.39 is 6.10 Å². The zero-order valence-corrected chi connectivity index (χ0v) is 14.6. The van der Waals surface area contributed by atoms with E-state index in [4.69, 9.17) is 14.2 Å². The molecule has 26 heavy (non-hydrogen) atoms. The van der Waals surface area contributed by atoms with Crippen LogP contribution in [0.2, 0.25) is 0 Å². The van der Waals surface area contributed by atoms with Crippen molar-refractivity contribution in [3.8, 4) is 17.2 Å². The molecule has 0 fully saturated rings. The summed E-state index contributed by atoms with van der Waals surface area (Å²) in [5.74, 6) is 0.892. The molecule has 7 nitrogen and oxygen atoms in total. The van der Waals surface area contributed by atoms with Crippen LogP contribution in [0.5, 0.6) is 17.2 Å². The van der Waals surface area contributed by atoms with E-state index >= 15 is 0 Å². The van der Waals surface area contributed by atoms with Crippen LogP contribution in [0, 0.1) is 0 Å². The van der Waals surface area contributed by atoms with Gasteiger partial charge in [-0.1, -0.05) is 18.2 Å². The standard InChI is InChI=1S/C19H20N2O5/c1-24-14-8-5-9-15(25-2)17(14)19(23)20-11-10-16-18(22)21-12-6-3-4-7-13(12)26-16/h3-9,16H,10-11H2,1-2H3,(H,20,23)(H,21,22). The molecule has 2 N–H and O–H groups in total. The van der Waals surface area contributed by atoms with Crippen LogP contribution in [-0.2, 0) is 4.79 Å². The molecule has 1 aliphatic heterocycles. The molecular weight excluding hydrogens is 336 g/mol. The lowest BCUT2D eigenvalue weighted by Gasteiger charge is -2.25. The summed E-state index contributed by atoms with van der Waals surface area (Å²) in [5, 5.41) is 5.58. The molecule has 1 heterocycles. The highest BCUT2D eigenvalue weighted by Crippen LogP contribution is 2.30. The van der Waals surface area contributed by atoms with Crippen LogP contribution in [0.4, 0.5) is 5.69 Å². The molecule has 0 aliphatic carbocycles. The van der Waals surface area contributed by atoms with E-state index in [2.05, 4.69) is 10.6 Å². The minimum absolute atomic E-state index is 0.229. The summed E-state index contributed by atoms with van der Waals surface area (Å²) >= 11 is 0. The second kappa shape index (κ2) is 7.77. The maximum absolute atomic E-state index is 12.5. The van der Waals surface area contributed by atoms with E-state index in [1.165, 1.54) is 14.2 Å². The lowest BCUT2D eigenvalue weighted by Crippen LogP contribution is -2.39. The second-order valence-electron chi connectivity index (χ2n) is 5.67. The number of amides is 2. The minimum atomic E-state index is -0.662. The van der Waals surface area contributed by atoms with Gasteiger partial charge in [0.25, 0.3) is 11.8 Å². The summed E-state index contributed by atoms with van der Waals surface area (Å²) in [4.78, 5) is 24.6. The van der Waals surface area contributed by atoms with Gasteiger partial charge in [-0.2, -0.15) is 0 Å². The average molecular weight is 356 g/mol. The molecule has 1 unspecified atom stereocenters. The van der Waals surface area contributed by atoms with Gasteiger partial charge in [-0.25, -0.2) is 0 Å². The number of benzene rings is 2. The molecule has 0 aromatic heterocycles. The fourth-order valence-corrected chi connectivity index (χ4v) is 2.76. The highest BCUT2D eigenvalue weighted by molar-refractivity contribution is 6.00. The third-order valence-electron chi connectivity index (χ3n) is 4.05. The maximum Gasteiger partial charge on any atom is 0.265 e. The molecule has 0 radical (unpaired) electrons. The van der Waals surface area contributed by atoms with Crippen molar-refractivity contribution in [1.29, 1.82) is 0 Å². The molecule has 136 valence electrons. The Bertz CT molecular complexity index is 799. The van der Waals surface area contributed by atoms with Gasteiger partial charge in [0.05, 0.1) is 19.9 Å². The predicted molar refractivity (Wildman–Crippen MR) is 96.0 cm³/mol. The van der Waals surface area contributed by atoms with Crippen LogP contribution in [0.25, 0.3) is 0 Å². The first kappa shape index (κ1) is 17.6. The van der Waals surface area contributed by atoms with Gasteiger partial charge in [-0.05, 0) is 24.3 Å². The first-order valence-corrected chi connectivity index (χ1v) is 8.19. The maximum atomic E-state index is 12.5. The van der Waals surface area contributed by atoms with Crippen molar-refractivity contribution in [1.82, 2.24) is 5.32 Å². The number of nitrogens with one attached hydrogen (secondary N) is 2. The van der Waals surface area contributed by atoms with Gasteiger partial charge < -0.3 is 24.8 Å². The number of methoxy groups -OCH3 is 2. The average Bonchev–Trinajstić information content (AvgIpc) is 2.67. The normalized spacial score (nSPS) is 15.3. The third kappa shape index (κ3) is 3.56. The monoisotopic (exact) mass is 356 g/mol. The Balaban J connectivity index is 1.62. The Hall–Kier alpha value is -3.22. The number of hydrogen-bond acceptors (Lipinski definition) is 5. The van der Waals surface area contributed by atoms with E-state index in [1.807, 2.05) is 12.1 Å². The Morgan fingerprint density at radius 3 is 2.50 bits per heavy atom. The number of hydrogen-bond donors (Lipinski definition) is 2. The van der Waals surface area contributed by atoms with Crippen molar-refractivity contribution in [3.05, 3.63) is 48.0 Å². The summed E-state index contributed by atoms with van der Waals surface area (Å²) in [6.45, 7) is 0.264. The van der Waals surface area contributed by atoms with Crippen molar-refractivity contribution in [2.24, 2.45) is 0 Å². The highest BCUT2D eigenvalue weighted by Gasteiger charge is 2.27. The SMILES string of the molecule is COc1cccc(OC)c1C(=O)NCCC1Oc2ccccc2NC1=O. The first-order chi connectivity index (χ1) is 12.6. The Labute approximate surface area is 151 Å². The smallest absolute Gasteiger partial charge is 0.265 e. The number of carbonyl (C=O) groups is 2. The summed E-state index contributed by atoms with van der Waals surface area (Å²) in [5.41, 5.74) is 0.966. The van der Waals surface area contributed by atoms with Crippen LogP contribution in [0.1, 0.15) is 16.8 Å². The number of fused-ring (bicyclic) bond motifs is 1. The van der Waals surface area contributed by atoms with Crippen molar-refractivity contribution < 1.29 is 23.8 Å². The summed E-state index contributed by atoms with van der Waals surface area (Å²) in [7, 11) is 2.98. The van der Waals surface area contributed by atoms with Crippen LogP contribution in [0.3, 0.4) is 0 Å². The van der Waals surface area contributed by atoms with E-state index in [9.17, 15) is 9.59 Å². The molecule has 0 bridgehead atoms. The number of ether oxygens (including phenoxy) is 3. The lowest BCUT2D eigenvalue weighted by molar-refractivity contribution is -0.123. The van der Waals surface area contributed by atoms with Gasteiger partial charge in [0, 0.05) is 13.0 Å². The summed E-state index contributed by atoms with van der Waals surface area (Å²) in [6.07, 6.45) is -0.326. The van der Waals surface area contributed by atoms with E-state index in [-0.39, 0.29) is 18.4 Å². The lowest BCUT2D eigenvalue weighted by atomic mass is 10.1. The van der Waals surface area contributed by atoms with E-state index in [0.29, 0.717) is 34.9 Å². The number of para-hydroxylation sites is 2. The topological polar surface area (TPSA) is 85.9 Å². The van der Waals surface area contributed by atoms with Crippen molar-refractivity contribution in [2.45, 2.75) is 12.5 Å². The largest absolute Gasteiger partial charge is 0.496 e. The molecule has 2 amide bonds. The quantitative estimate of drug-likeness (QED) is 0.829. The van der Waals surface area contributed by atoms with Gasteiger partial charge in [0.2, 0.25) is 0 Å². The summed E-state index contributed by atoms with van der Waals surface area (Å²) < 4.78 is 16.2. The second-order valence-corrected chi connectivity index (χ2v) is 5.67. The Kier molecular flexibility index (Phi) is 5.26. The summed E-state index contributed by atoms with van der Waals surface area (Å²) in [6, 6.07) is 12.3. The van der Waals surface area contributed by atoms with Crippen LogP contribution in [0.15, 0.2) is 42.5 Å². The first-order valence-electron chi connectivity index (χ1n) is 8.19. The van der Waals surface area contributed by atoms with Gasteiger partial charge in [-0.3, -0.25) is 9.59 Å². The fraction of sp³-hybridized carbons (Fsp3) is 0.263. The van der Waals surface area contributed by atoms with E-state index in [1.54, 1.807) is 30.3 Å². The molecule has 3 rings (SSSR count). The number of carbonyl (C=O) groups excluding carboxylic acids is 2. The molecule has 0 spiro atoms. The predicted octanol–water partition coefficient (Wildman–Crippen LogP) is 2.22. The van der Waals surface area contributed by atoms with Crippen molar-refractivity contribution >= 4 is 17.5 Å². The molecule has 2 aromatic carbocycles. The fourth-order valence-electron chi connectivity index (χ4n) is 2.76. The minimum Gasteiger partial charge on any atom is -0.496 e. The zero-order valence-electron chi connectivity index (χ0n) is 14.6. The number of rotatable bonds is 6. The van der Waals surface area contributed by atoms with Gasteiger partial charge in [0.15, 0.2) is 6.10 Å². The van der Waals surface area contributed by atoms with Crippen LogP contribution in [-0.4, -0.2) is 38.7 Å². The van der Waals surface area contributed by atoms with Gasteiger partial charge in [0.1, 0.15) is 22.8 Å². The van der Waals surface area contributed by atoms with Gasteiger partial charge >= 0.3 is 0 Å². The van der Waals surface area contributed by atoms with Crippen molar-refractivity contribution in [2.75, 3.05) is 26.1 Å². The van der Waals surface area contributed by atoms with Crippen LogP contribution >= 0.6 is 0 Å². The van der Waals surface area contributed by atoms with Gasteiger partial charge in [-0.15, -0.1) is 0 Å².